The van der Waals surface area contributed by atoms with Gasteiger partial charge in [-0.1, -0.05) is 6.92 Å². The van der Waals surface area contributed by atoms with E-state index < -0.39 is 22.6 Å². The van der Waals surface area contributed by atoms with Crippen molar-refractivity contribution in [3.8, 4) is 0 Å². The van der Waals surface area contributed by atoms with Crippen LogP contribution in [0.2, 0.25) is 0 Å². The number of nitrogens with zero attached hydrogens (tertiary/aromatic N) is 1. The number of benzene rings is 1. The predicted octanol–water partition coefficient (Wildman–Crippen LogP) is 2.64. The Balaban J connectivity index is 2.80. The summed E-state index contributed by atoms with van der Waals surface area (Å²) in [5.41, 5.74) is -0.168. The molecule has 0 aliphatic rings. The number of halogens is 1. The summed E-state index contributed by atoms with van der Waals surface area (Å²) in [6.07, 6.45) is 0. The first-order chi connectivity index (χ1) is 8.45. The van der Waals surface area contributed by atoms with E-state index in [2.05, 4.69) is 4.74 Å². The SMILES string of the molecule is COC(=O)C(C)CSc1cc(F)ccc1[N+](=O)[O-]. The van der Waals surface area contributed by atoms with Crippen LogP contribution in [-0.4, -0.2) is 23.8 Å². The van der Waals surface area contributed by atoms with Gasteiger partial charge in [-0.15, -0.1) is 11.8 Å². The second-order valence-electron chi connectivity index (χ2n) is 3.60. The molecule has 0 heterocycles. The van der Waals surface area contributed by atoms with E-state index in [9.17, 15) is 19.3 Å². The van der Waals surface area contributed by atoms with E-state index in [-0.39, 0.29) is 16.3 Å². The van der Waals surface area contributed by atoms with Crippen molar-refractivity contribution in [3.63, 3.8) is 0 Å². The quantitative estimate of drug-likeness (QED) is 0.357. The number of hydrogen-bond acceptors (Lipinski definition) is 5. The number of hydrogen-bond donors (Lipinski definition) is 0. The van der Waals surface area contributed by atoms with E-state index in [0.29, 0.717) is 0 Å². The molecule has 98 valence electrons. The molecular formula is C11H12FNO4S. The third-order valence-corrected chi connectivity index (χ3v) is 3.52. The lowest BCUT2D eigenvalue weighted by Crippen LogP contribution is -2.14. The van der Waals surface area contributed by atoms with Gasteiger partial charge in [-0.05, 0) is 12.1 Å². The van der Waals surface area contributed by atoms with Crippen LogP contribution >= 0.6 is 11.8 Å². The Morgan fingerprint density at radius 2 is 2.28 bits per heavy atom. The normalized spacial score (nSPS) is 11.9. The number of nitro benzene ring substituents is 1. The smallest absolute Gasteiger partial charge is 0.309 e. The number of rotatable bonds is 5. The summed E-state index contributed by atoms with van der Waals surface area (Å²) in [5, 5.41) is 10.7. The predicted molar refractivity (Wildman–Crippen MR) is 65.0 cm³/mol. The molecule has 0 saturated carbocycles. The number of carbonyl (C=O) groups is 1. The summed E-state index contributed by atoms with van der Waals surface area (Å²) in [4.78, 5) is 21.5. The highest BCUT2D eigenvalue weighted by atomic mass is 32.2. The van der Waals surface area contributed by atoms with E-state index in [1.165, 1.54) is 7.11 Å². The highest BCUT2D eigenvalue weighted by molar-refractivity contribution is 7.99. The molecule has 0 aliphatic heterocycles. The maximum Gasteiger partial charge on any atom is 0.309 e. The Bertz CT molecular complexity index is 466. The van der Waals surface area contributed by atoms with Crippen molar-refractivity contribution in [3.05, 3.63) is 34.1 Å². The van der Waals surface area contributed by atoms with Crippen LogP contribution in [0.15, 0.2) is 23.1 Å². The molecule has 1 aromatic carbocycles. The molecule has 0 saturated heterocycles. The van der Waals surface area contributed by atoms with E-state index in [0.717, 1.165) is 30.0 Å². The van der Waals surface area contributed by atoms with Gasteiger partial charge in [-0.2, -0.15) is 0 Å². The van der Waals surface area contributed by atoms with Gasteiger partial charge in [0.1, 0.15) is 5.82 Å². The van der Waals surface area contributed by atoms with Gasteiger partial charge in [0, 0.05) is 11.8 Å². The lowest BCUT2D eigenvalue weighted by Gasteiger charge is -2.08. The van der Waals surface area contributed by atoms with Crippen molar-refractivity contribution in [1.29, 1.82) is 0 Å². The summed E-state index contributed by atoms with van der Waals surface area (Å²) in [6.45, 7) is 1.64. The summed E-state index contributed by atoms with van der Waals surface area (Å²) in [7, 11) is 1.27. The summed E-state index contributed by atoms with van der Waals surface area (Å²) in [6, 6.07) is 3.24. The van der Waals surface area contributed by atoms with Gasteiger partial charge in [-0.25, -0.2) is 4.39 Å². The molecule has 1 atom stereocenters. The van der Waals surface area contributed by atoms with Crippen molar-refractivity contribution in [2.24, 2.45) is 5.92 Å². The number of nitro groups is 1. The molecule has 18 heavy (non-hydrogen) atoms. The van der Waals surface area contributed by atoms with Crippen molar-refractivity contribution < 1.29 is 18.8 Å². The third-order valence-electron chi connectivity index (χ3n) is 2.21. The lowest BCUT2D eigenvalue weighted by atomic mass is 10.2. The van der Waals surface area contributed by atoms with Crippen molar-refractivity contribution >= 4 is 23.4 Å². The Labute approximate surface area is 107 Å². The van der Waals surface area contributed by atoms with E-state index in [4.69, 9.17) is 0 Å². The molecule has 7 heteroatoms. The van der Waals surface area contributed by atoms with Crippen LogP contribution in [0.5, 0.6) is 0 Å². The number of ether oxygens (including phenoxy) is 1. The Kier molecular flexibility index (Phi) is 5.08. The molecule has 0 spiro atoms. The average Bonchev–Trinajstić information content (AvgIpc) is 2.34. The largest absolute Gasteiger partial charge is 0.469 e. The fourth-order valence-electron chi connectivity index (χ4n) is 1.24. The molecule has 0 aliphatic carbocycles. The van der Waals surface area contributed by atoms with Gasteiger partial charge in [0.05, 0.1) is 22.8 Å². The minimum absolute atomic E-state index is 0.168. The van der Waals surface area contributed by atoms with Crippen LogP contribution < -0.4 is 0 Å². The zero-order valence-electron chi connectivity index (χ0n) is 9.88. The third kappa shape index (κ3) is 3.69. The fraction of sp³-hybridized carbons (Fsp3) is 0.364. The molecule has 1 unspecified atom stereocenters. The van der Waals surface area contributed by atoms with Crippen LogP contribution in [-0.2, 0) is 9.53 Å². The zero-order chi connectivity index (χ0) is 13.7. The molecule has 5 nitrogen and oxygen atoms in total. The zero-order valence-corrected chi connectivity index (χ0v) is 10.7. The van der Waals surface area contributed by atoms with Crippen LogP contribution in [0.3, 0.4) is 0 Å². The molecule has 0 amide bonds. The monoisotopic (exact) mass is 273 g/mol. The number of carbonyl (C=O) groups excluding carboxylic acids is 1. The van der Waals surface area contributed by atoms with E-state index >= 15 is 0 Å². The molecule has 0 aromatic heterocycles. The van der Waals surface area contributed by atoms with Gasteiger partial charge in [0.25, 0.3) is 5.69 Å². The van der Waals surface area contributed by atoms with Crippen molar-refractivity contribution in [2.45, 2.75) is 11.8 Å². The van der Waals surface area contributed by atoms with Crippen molar-refractivity contribution in [2.75, 3.05) is 12.9 Å². The molecule has 0 radical (unpaired) electrons. The maximum atomic E-state index is 13.0. The highest BCUT2D eigenvalue weighted by Crippen LogP contribution is 2.31. The molecule has 0 fully saturated rings. The first-order valence-corrected chi connectivity index (χ1v) is 6.08. The first-order valence-electron chi connectivity index (χ1n) is 5.10. The summed E-state index contributed by atoms with van der Waals surface area (Å²) < 4.78 is 17.6. The molecule has 0 N–H and O–H groups in total. The van der Waals surface area contributed by atoms with Gasteiger partial charge < -0.3 is 4.74 Å². The van der Waals surface area contributed by atoms with E-state index in [1.807, 2.05) is 0 Å². The Hall–Kier alpha value is -1.63. The van der Waals surface area contributed by atoms with Gasteiger partial charge in [0.15, 0.2) is 0 Å². The Morgan fingerprint density at radius 3 is 2.83 bits per heavy atom. The van der Waals surface area contributed by atoms with Gasteiger partial charge >= 0.3 is 5.97 Å². The second kappa shape index (κ2) is 6.34. The number of thioether (sulfide) groups is 1. The van der Waals surface area contributed by atoms with Crippen LogP contribution in [0.25, 0.3) is 0 Å². The number of methoxy groups -OCH3 is 1. The van der Waals surface area contributed by atoms with Gasteiger partial charge in [0.2, 0.25) is 0 Å². The standard InChI is InChI=1S/C11H12FNO4S/c1-7(11(14)17-2)6-18-10-5-8(12)3-4-9(10)13(15)16/h3-5,7H,6H2,1-2H3. The Morgan fingerprint density at radius 1 is 1.61 bits per heavy atom. The fourth-order valence-corrected chi connectivity index (χ4v) is 2.29. The minimum Gasteiger partial charge on any atom is -0.469 e. The van der Waals surface area contributed by atoms with E-state index in [1.54, 1.807) is 6.92 Å². The second-order valence-corrected chi connectivity index (χ2v) is 4.67. The van der Waals surface area contributed by atoms with Crippen LogP contribution in [0, 0.1) is 21.8 Å². The lowest BCUT2D eigenvalue weighted by molar-refractivity contribution is -0.387. The maximum absolute atomic E-state index is 13.0. The van der Waals surface area contributed by atoms with Crippen molar-refractivity contribution in [1.82, 2.24) is 0 Å². The van der Waals surface area contributed by atoms with Crippen LogP contribution in [0.1, 0.15) is 6.92 Å². The summed E-state index contributed by atoms with van der Waals surface area (Å²) in [5.74, 6) is -1.07. The molecule has 1 rings (SSSR count). The highest BCUT2D eigenvalue weighted by Gasteiger charge is 2.18. The molecular weight excluding hydrogens is 261 g/mol. The van der Waals surface area contributed by atoms with Crippen LogP contribution in [0.4, 0.5) is 10.1 Å². The minimum atomic E-state index is -0.579. The number of esters is 1. The van der Waals surface area contributed by atoms with Gasteiger partial charge in [-0.3, -0.25) is 14.9 Å². The topological polar surface area (TPSA) is 69.4 Å². The first kappa shape index (κ1) is 14.4. The average molecular weight is 273 g/mol. The summed E-state index contributed by atoms with van der Waals surface area (Å²) >= 11 is 1.06. The molecule has 1 aromatic rings. The molecule has 0 bridgehead atoms.